The number of para-hydroxylation sites is 1. The van der Waals surface area contributed by atoms with Crippen LogP contribution in [0.5, 0.6) is 0 Å². The molecule has 4 rings (SSSR count). The number of aromatic nitrogens is 1. The fourth-order valence-corrected chi connectivity index (χ4v) is 4.05. The SMILES string of the molecule is Cc1[nH]c2ccccc2c1C(=O)COC(=O)CN1C(=O)[C@H]2CC=CC[C@@H]2C1=O. The van der Waals surface area contributed by atoms with Crippen LogP contribution in [0.2, 0.25) is 0 Å². The first-order valence-electron chi connectivity index (χ1n) is 9.23. The molecule has 7 heteroatoms. The molecule has 2 amide bonds. The number of hydrogen-bond donors (Lipinski definition) is 1. The van der Waals surface area contributed by atoms with Crippen LogP contribution < -0.4 is 0 Å². The van der Waals surface area contributed by atoms with E-state index < -0.39 is 19.1 Å². The first-order chi connectivity index (χ1) is 13.5. The van der Waals surface area contributed by atoms with E-state index in [0.717, 1.165) is 15.8 Å². The summed E-state index contributed by atoms with van der Waals surface area (Å²) in [5, 5.41) is 0.766. The number of likely N-dealkylation sites (tertiary alicyclic amines) is 1. The Balaban J connectivity index is 1.39. The van der Waals surface area contributed by atoms with Crippen molar-refractivity contribution in [1.29, 1.82) is 0 Å². The molecule has 0 saturated carbocycles. The standard InChI is InChI=1S/C21H20N2O5/c1-12-19(15-8-4-5-9-16(15)22-12)17(24)11-28-18(25)10-23-20(26)13-6-2-3-7-14(13)21(23)27/h2-5,8-9,13-14,22H,6-7,10-11H2,1H3/t13-,14-/m0/s1. The molecule has 7 nitrogen and oxygen atoms in total. The molecule has 144 valence electrons. The van der Waals surface area contributed by atoms with Gasteiger partial charge in [-0.3, -0.25) is 24.1 Å². The number of benzene rings is 1. The highest BCUT2D eigenvalue weighted by atomic mass is 16.5. The minimum absolute atomic E-state index is 0.333. The Bertz CT molecular complexity index is 993. The van der Waals surface area contributed by atoms with Gasteiger partial charge in [0, 0.05) is 22.2 Å². The number of fused-ring (bicyclic) bond motifs is 2. The highest BCUT2D eigenvalue weighted by Gasteiger charge is 2.47. The summed E-state index contributed by atoms with van der Waals surface area (Å²) in [6, 6.07) is 7.39. The van der Waals surface area contributed by atoms with Gasteiger partial charge in [0.1, 0.15) is 6.54 Å². The summed E-state index contributed by atoms with van der Waals surface area (Å²) in [6.07, 6.45) is 4.80. The molecule has 1 aliphatic heterocycles. The van der Waals surface area contributed by atoms with Gasteiger partial charge in [0.25, 0.3) is 0 Å². The summed E-state index contributed by atoms with van der Waals surface area (Å²) in [7, 11) is 0. The van der Waals surface area contributed by atoms with Crippen molar-refractivity contribution >= 4 is 34.5 Å². The molecule has 0 spiro atoms. The molecule has 2 aromatic rings. The molecule has 0 radical (unpaired) electrons. The predicted octanol–water partition coefficient (Wildman–Crippen LogP) is 2.15. The zero-order valence-electron chi connectivity index (χ0n) is 15.4. The molecule has 2 heterocycles. The van der Waals surface area contributed by atoms with Gasteiger partial charge in [0.05, 0.1) is 11.8 Å². The summed E-state index contributed by atoms with van der Waals surface area (Å²) >= 11 is 0. The first kappa shape index (κ1) is 18.2. The van der Waals surface area contributed by atoms with E-state index >= 15 is 0 Å². The predicted molar refractivity (Wildman–Crippen MR) is 100 cm³/mol. The highest BCUT2D eigenvalue weighted by molar-refractivity contribution is 6.10. The number of imide groups is 1. The van der Waals surface area contributed by atoms with E-state index in [2.05, 4.69) is 4.98 Å². The van der Waals surface area contributed by atoms with Gasteiger partial charge in [0.15, 0.2) is 6.61 Å². The Kier molecular flexibility index (Phi) is 4.58. The van der Waals surface area contributed by atoms with Crippen molar-refractivity contribution in [2.24, 2.45) is 11.8 Å². The van der Waals surface area contributed by atoms with Crippen molar-refractivity contribution in [3.8, 4) is 0 Å². The zero-order chi connectivity index (χ0) is 19.8. The monoisotopic (exact) mass is 380 g/mol. The van der Waals surface area contributed by atoms with Crippen LogP contribution in [0.3, 0.4) is 0 Å². The molecule has 1 N–H and O–H groups in total. The molecule has 1 aromatic heterocycles. The first-order valence-corrected chi connectivity index (χ1v) is 9.23. The summed E-state index contributed by atoms with van der Waals surface area (Å²) < 4.78 is 5.08. The number of allylic oxidation sites excluding steroid dienone is 2. The van der Waals surface area contributed by atoms with Crippen LogP contribution in [0.25, 0.3) is 10.9 Å². The van der Waals surface area contributed by atoms with E-state index in [4.69, 9.17) is 4.74 Å². The maximum absolute atomic E-state index is 12.6. The summed E-state index contributed by atoms with van der Waals surface area (Å²) in [6.45, 7) is 0.892. The number of ketones is 1. The summed E-state index contributed by atoms with van der Waals surface area (Å²) in [5.41, 5.74) is 2.01. The molecule has 28 heavy (non-hydrogen) atoms. The van der Waals surface area contributed by atoms with Crippen LogP contribution in [-0.2, 0) is 19.1 Å². The van der Waals surface area contributed by atoms with Crippen molar-refractivity contribution in [2.45, 2.75) is 19.8 Å². The number of hydrogen-bond acceptors (Lipinski definition) is 5. The largest absolute Gasteiger partial charge is 0.456 e. The van der Waals surface area contributed by atoms with Crippen molar-refractivity contribution in [3.05, 3.63) is 47.7 Å². The van der Waals surface area contributed by atoms with Crippen molar-refractivity contribution < 1.29 is 23.9 Å². The van der Waals surface area contributed by atoms with E-state index in [1.54, 1.807) is 6.92 Å². The normalized spacial score (nSPS) is 21.2. The molecular weight excluding hydrogens is 360 g/mol. The minimum atomic E-state index is -0.765. The number of ether oxygens (including phenoxy) is 1. The second-order valence-corrected chi connectivity index (χ2v) is 7.17. The molecule has 2 aliphatic rings. The third-order valence-corrected chi connectivity index (χ3v) is 5.42. The maximum Gasteiger partial charge on any atom is 0.326 e. The maximum atomic E-state index is 12.6. The van der Waals surface area contributed by atoms with Gasteiger partial charge < -0.3 is 9.72 Å². The average Bonchev–Trinajstić information content (AvgIpc) is 3.15. The number of nitrogens with zero attached hydrogens (tertiary/aromatic N) is 1. The molecule has 1 fully saturated rings. The lowest BCUT2D eigenvalue weighted by atomic mass is 9.85. The summed E-state index contributed by atoms with van der Waals surface area (Å²) in [4.78, 5) is 53.6. The minimum Gasteiger partial charge on any atom is -0.456 e. The average molecular weight is 380 g/mol. The van der Waals surface area contributed by atoms with Gasteiger partial charge in [-0.15, -0.1) is 0 Å². The number of H-pyrrole nitrogens is 1. The van der Waals surface area contributed by atoms with Crippen LogP contribution in [-0.4, -0.2) is 46.6 Å². The van der Waals surface area contributed by atoms with Crippen molar-refractivity contribution in [2.75, 3.05) is 13.2 Å². The van der Waals surface area contributed by atoms with Gasteiger partial charge in [0.2, 0.25) is 17.6 Å². The number of aryl methyl sites for hydroxylation is 1. The molecule has 0 unspecified atom stereocenters. The fourth-order valence-electron chi connectivity index (χ4n) is 4.05. The van der Waals surface area contributed by atoms with E-state index in [1.165, 1.54) is 0 Å². The number of rotatable bonds is 5. The summed E-state index contributed by atoms with van der Waals surface area (Å²) in [5.74, 6) is -2.55. The van der Waals surface area contributed by atoms with Gasteiger partial charge in [-0.25, -0.2) is 0 Å². The Hall–Kier alpha value is -3.22. The van der Waals surface area contributed by atoms with Crippen molar-refractivity contribution in [3.63, 3.8) is 0 Å². The third-order valence-electron chi connectivity index (χ3n) is 5.42. The van der Waals surface area contributed by atoms with E-state index in [1.807, 2.05) is 36.4 Å². The lowest BCUT2D eigenvalue weighted by Crippen LogP contribution is -2.37. The molecule has 2 atom stereocenters. The quantitative estimate of drug-likeness (QED) is 0.371. The van der Waals surface area contributed by atoms with E-state index in [0.29, 0.717) is 24.1 Å². The Morgan fingerprint density at radius 3 is 2.43 bits per heavy atom. The number of carbonyl (C=O) groups excluding carboxylic acids is 4. The molecule has 1 aliphatic carbocycles. The molecule has 0 bridgehead atoms. The van der Waals surface area contributed by atoms with Gasteiger partial charge in [-0.2, -0.15) is 0 Å². The topological polar surface area (TPSA) is 96.5 Å². The second kappa shape index (κ2) is 7.07. The Morgan fingerprint density at radius 2 is 1.75 bits per heavy atom. The van der Waals surface area contributed by atoms with Crippen molar-refractivity contribution in [1.82, 2.24) is 9.88 Å². The fraction of sp³-hybridized carbons (Fsp3) is 0.333. The number of aromatic amines is 1. The van der Waals surface area contributed by atoms with Crippen LogP contribution in [0.15, 0.2) is 36.4 Å². The Labute approximate surface area is 161 Å². The lowest BCUT2D eigenvalue weighted by Gasteiger charge is -2.14. The van der Waals surface area contributed by atoms with Crippen LogP contribution in [0, 0.1) is 18.8 Å². The molecular formula is C21H20N2O5. The van der Waals surface area contributed by atoms with Gasteiger partial charge >= 0.3 is 5.97 Å². The van der Waals surface area contributed by atoms with E-state index in [9.17, 15) is 19.2 Å². The number of nitrogens with one attached hydrogen (secondary N) is 1. The number of carbonyl (C=O) groups is 4. The number of Topliss-reactive ketones (excluding diaryl/α,β-unsaturated/α-hetero) is 1. The van der Waals surface area contributed by atoms with Crippen LogP contribution in [0.1, 0.15) is 28.9 Å². The highest BCUT2D eigenvalue weighted by Crippen LogP contribution is 2.34. The molecule has 1 saturated heterocycles. The smallest absolute Gasteiger partial charge is 0.326 e. The van der Waals surface area contributed by atoms with Gasteiger partial charge in [-0.1, -0.05) is 30.4 Å². The zero-order valence-corrected chi connectivity index (χ0v) is 15.4. The Morgan fingerprint density at radius 1 is 1.11 bits per heavy atom. The molecule has 1 aromatic carbocycles. The van der Waals surface area contributed by atoms with Crippen LogP contribution >= 0.6 is 0 Å². The number of amides is 2. The van der Waals surface area contributed by atoms with Gasteiger partial charge in [-0.05, 0) is 25.8 Å². The lowest BCUT2D eigenvalue weighted by molar-refractivity contribution is -0.152. The van der Waals surface area contributed by atoms with Crippen LogP contribution in [0.4, 0.5) is 0 Å². The third kappa shape index (κ3) is 3.02. The number of esters is 1. The second-order valence-electron chi connectivity index (χ2n) is 7.17. The van der Waals surface area contributed by atoms with E-state index in [-0.39, 0.29) is 29.4 Å².